The van der Waals surface area contributed by atoms with Gasteiger partial charge < -0.3 is 4.74 Å². The zero-order valence-electron chi connectivity index (χ0n) is 13.9. The van der Waals surface area contributed by atoms with Gasteiger partial charge in [-0.3, -0.25) is 9.56 Å². The van der Waals surface area contributed by atoms with Crippen molar-refractivity contribution in [1.82, 2.24) is 4.57 Å². The molecule has 0 unspecified atom stereocenters. The van der Waals surface area contributed by atoms with Gasteiger partial charge in [0.05, 0.1) is 19.3 Å². The predicted octanol–water partition coefficient (Wildman–Crippen LogP) is 4.61. The number of benzene rings is 2. The Balaban J connectivity index is 2.24. The first kappa shape index (κ1) is 16.3. The predicted molar refractivity (Wildman–Crippen MR) is 101 cm³/mol. The van der Waals surface area contributed by atoms with E-state index in [4.69, 9.17) is 4.74 Å². The summed E-state index contributed by atoms with van der Waals surface area (Å²) in [6.07, 6.45) is 1.82. The minimum atomic E-state index is 0.606. The molecule has 24 heavy (non-hydrogen) atoms. The van der Waals surface area contributed by atoms with E-state index in [2.05, 4.69) is 47.3 Å². The van der Waals surface area contributed by atoms with E-state index in [-0.39, 0.29) is 0 Å². The number of hydrogen-bond acceptors (Lipinski definition) is 3. The summed E-state index contributed by atoms with van der Waals surface area (Å²) >= 11 is 1.70. The molecule has 3 nitrogen and oxygen atoms in total. The Labute approximate surface area is 146 Å². The van der Waals surface area contributed by atoms with Gasteiger partial charge in [-0.05, 0) is 48.9 Å². The maximum absolute atomic E-state index is 5.27. The molecule has 4 heteroatoms. The molecule has 0 N–H and O–H groups in total. The molecule has 3 rings (SSSR count). The maximum Gasteiger partial charge on any atom is 0.190 e. The molecule has 0 atom stereocenters. The third kappa shape index (κ3) is 3.19. The molecular formula is C20H20N2OS. The second kappa shape index (κ2) is 7.32. The summed E-state index contributed by atoms with van der Waals surface area (Å²) in [5, 5.41) is 0. The Kier molecular flexibility index (Phi) is 4.96. The largest absolute Gasteiger partial charge is 0.497 e. The number of aryl methyl sites for hydroxylation is 1. The van der Waals surface area contributed by atoms with Gasteiger partial charge in [0.2, 0.25) is 0 Å². The van der Waals surface area contributed by atoms with Crippen LogP contribution in [0.5, 0.6) is 5.75 Å². The Hall–Kier alpha value is -2.59. The van der Waals surface area contributed by atoms with E-state index >= 15 is 0 Å². The Morgan fingerprint density at radius 2 is 1.83 bits per heavy atom. The topological polar surface area (TPSA) is 26.5 Å². The lowest BCUT2D eigenvalue weighted by atomic mass is 10.1. The molecular weight excluding hydrogens is 316 g/mol. The lowest BCUT2D eigenvalue weighted by Crippen LogP contribution is -2.14. The fourth-order valence-corrected chi connectivity index (χ4v) is 3.63. The molecule has 0 amide bonds. The summed E-state index contributed by atoms with van der Waals surface area (Å²) in [7, 11) is 1.68. The molecule has 0 spiro atoms. The van der Waals surface area contributed by atoms with Crippen LogP contribution in [0.3, 0.4) is 0 Å². The van der Waals surface area contributed by atoms with Gasteiger partial charge in [0, 0.05) is 10.6 Å². The smallest absolute Gasteiger partial charge is 0.190 e. The van der Waals surface area contributed by atoms with Crippen LogP contribution in [-0.4, -0.2) is 18.2 Å². The van der Waals surface area contributed by atoms with Crippen molar-refractivity contribution in [3.05, 3.63) is 76.9 Å². The van der Waals surface area contributed by atoms with Crippen LogP contribution in [0.15, 0.2) is 72.2 Å². The number of rotatable bonds is 5. The molecule has 0 saturated carbocycles. The van der Waals surface area contributed by atoms with Crippen LogP contribution in [0.4, 0.5) is 0 Å². The van der Waals surface area contributed by atoms with Crippen LogP contribution in [0.2, 0.25) is 0 Å². The normalized spacial score (nSPS) is 11.5. The van der Waals surface area contributed by atoms with Gasteiger partial charge in [-0.2, -0.15) is 0 Å². The van der Waals surface area contributed by atoms with Gasteiger partial charge in [-0.15, -0.1) is 17.9 Å². The van der Waals surface area contributed by atoms with Gasteiger partial charge >= 0.3 is 0 Å². The highest BCUT2D eigenvalue weighted by Gasteiger charge is 2.14. The van der Waals surface area contributed by atoms with Crippen molar-refractivity contribution in [3.63, 3.8) is 0 Å². The fraction of sp³-hybridized carbons (Fsp3) is 0.150. The van der Waals surface area contributed by atoms with E-state index in [1.54, 1.807) is 18.4 Å². The number of para-hydroxylation sites is 1. The third-order valence-electron chi connectivity index (χ3n) is 3.73. The molecule has 122 valence electrons. The van der Waals surface area contributed by atoms with Crippen molar-refractivity contribution in [2.75, 3.05) is 13.7 Å². The zero-order chi connectivity index (χ0) is 16.9. The van der Waals surface area contributed by atoms with Crippen molar-refractivity contribution < 1.29 is 4.74 Å². The van der Waals surface area contributed by atoms with Crippen molar-refractivity contribution in [3.8, 4) is 22.7 Å². The zero-order valence-corrected chi connectivity index (χ0v) is 14.7. The quantitative estimate of drug-likeness (QED) is 0.625. The van der Waals surface area contributed by atoms with Crippen molar-refractivity contribution in [2.45, 2.75) is 6.92 Å². The number of methoxy groups -OCH3 is 1. The van der Waals surface area contributed by atoms with Crippen LogP contribution in [0.1, 0.15) is 4.88 Å². The first-order valence-electron chi connectivity index (χ1n) is 7.78. The van der Waals surface area contributed by atoms with Crippen LogP contribution < -0.4 is 9.54 Å². The monoisotopic (exact) mass is 336 g/mol. The molecule has 0 aliphatic carbocycles. The second-order valence-corrected chi connectivity index (χ2v) is 6.50. The number of hydrogen-bond donors (Lipinski definition) is 0. The SMILES string of the molecule is C=CCN=c1sc(C)c(-c2ccc(OC)cc2)n1-c1ccccc1. The second-order valence-electron chi connectivity index (χ2n) is 5.32. The number of ether oxygens (including phenoxy) is 1. The Morgan fingerprint density at radius 3 is 2.46 bits per heavy atom. The summed E-state index contributed by atoms with van der Waals surface area (Å²) in [5.74, 6) is 0.856. The van der Waals surface area contributed by atoms with E-state index in [1.165, 1.54) is 4.88 Å². The highest BCUT2D eigenvalue weighted by molar-refractivity contribution is 7.09. The summed E-state index contributed by atoms with van der Waals surface area (Å²) in [5.41, 5.74) is 3.42. The van der Waals surface area contributed by atoms with Crippen LogP contribution >= 0.6 is 11.3 Å². The van der Waals surface area contributed by atoms with E-state index in [0.717, 1.165) is 27.5 Å². The Morgan fingerprint density at radius 1 is 1.12 bits per heavy atom. The molecule has 2 aromatic carbocycles. The molecule has 0 radical (unpaired) electrons. The summed E-state index contributed by atoms with van der Waals surface area (Å²) in [6, 6.07) is 18.5. The van der Waals surface area contributed by atoms with Gasteiger partial charge in [-0.1, -0.05) is 24.3 Å². The molecule has 0 aliphatic rings. The van der Waals surface area contributed by atoms with E-state index in [1.807, 2.05) is 36.4 Å². The highest BCUT2D eigenvalue weighted by Crippen LogP contribution is 2.29. The number of nitrogens with zero attached hydrogens (tertiary/aromatic N) is 2. The van der Waals surface area contributed by atoms with Gasteiger partial charge in [0.15, 0.2) is 4.80 Å². The minimum absolute atomic E-state index is 0.606. The minimum Gasteiger partial charge on any atom is -0.497 e. The van der Waals surface area contributed by atoms with Gasteiger partial charge in [0.1, 0.15) is 5.75 Å². The molecule has 0 bridgehead atoms. The van der Waals surface area contributed by atoms with E-state index in [9.17, 15) is 0 Å². The average Bonchev–Trinajstić information content (AvgIpc) is 2.97. The van der Waals surface area contributed by atoms with E-state index in [0.29, 0.717) is 6.54 Å². The summed E-state index contributed by atoms with van der Waals surface area (Å²) in [6.45, 7) is 6.51. The van der Waals surface area contributed by atoms with Gasteiger partial charge in [0.25, 0.3) is 0 Å². The molecule has 3 aromatic rings. The van der Waals surface area contributed by atoms with Crippen LogP contribution in [0.25, 0.3) is 16.9 Å². The third-order valence-corrected chi connectivity index (χ3v) is 4.72. The standard InChI is InChI=1S/C20H20N2OS/c1-4-14-21-20-22(17-8-6-5-7-9-17)19(15(2)24-20)16-10-12-18(23-3)13-11-16/h4-13H,1,14H2,2-3H3. The van der Waals surface area contributed by atoms with Crippen molar-refractivity contribution in [2.24, 2.45) is 4.99 Å². The number of aromatic nitrogens is 1. The first-order valence-corrected chi connectivity index (χ1v) is 8.60. The maximum atomic E-state index is 5.27. The molecule has 0 saturated heterocycles. The summed E-state index contributed by atoms with van der Waals surface area (Å²) < 4.78 is 7.49. The van der Waals surface area contributed by atoms with Crippen LogP contribution in [0, 0.1) is 6.92 Å². The van der Waals surface area contributed by atoms with Crippen molar-refractivity contribution >= 4 is 11.3 Å². The van der Waals surface area contributed by atoms with E-state index < -0.39 is 0 Å². The highest BCUT2D eigenvalue weighted by atomic mass is 32.1. The molecule has 0 aliphatic heterocycles. The lowest BCUT2D eigenvalue weighted by molar-refractivity contribution is 0.415. The molecule has 1 heterocycles. The summed E-state index contributed by atoms with van der Waals surface area (Å²) in [4.78, 5) is 6.89. The Bertz CT molecular complexity index is 890. The fourth-order valence-electron chi connectivity index (χ4n) is 2.63. The van der Waals surface area contributed by atoms with Crippen LogP contribution in [-0.2, 0) is 0 Å². The average molecular weight is 336 g/mol. The van der Waals surface area contributed by atoms with Gasteiger partial charge in [-0.25, -0.2) is 0 Å². The first-order chi connectivity index (χ1) is 11.7. The molecule has 1 aromatic heterocycles. The molecule has 0 fully saturated rings. The van der Waals surface area contributed by atoms with Crippen molar-refractivity contribution in [1.29, 1.82) is 0 Å². The lowest BCUT2D eigenvalue weighted by Gasteiger charge is -2.11. The number of thiazole rings is 1.